The van der Waals surface area contributed by atoms with E-state index in [1.54, 1.807) is 6.07 Å². The zero-order chi connectivity index (χ0) is 38.4. The molecule has 0 spiro atoms. The number of carbonyl (C=O) groups is 6. The summed E-state index contributed by atoms with van der Waals surface area (Å²) in [6.45, 7) is 7.53. The van der Waals surface area contributed by atoms with E-state index in [4.69, 9.17) is 10.5 Å². The molecule has 4 rings (SSSR count). The zero-order valence-corrected chi connectivity index (χ0v) is 31.5. The highest BCUT2D eigenvalue weighted by molar-refractivity contribution is 6.00. The molecule has 7 N–H and O–H groups in total. The topological polar surface area (TPSA) is 201 Å². The second-order valence-corrected chi connectivity index (χ2v) is 15.6. The minimum Gasteiger partial charge on any atom is -0.378 e. The van der Waals surface area contributed by atoms with Gasteiger partial charge in [0.2, 0.25) is 35.4 Å². The number of nitrogens with one attached hydrogen (secondary N) is 5. The number of carbonyl (C=O) groups excluding carboxylic acids is 6. The molecule has 0 radical (unpaired) electrons. The van der Waals surface area contributed by atoms with E-state index < -0.39 is 65.0 Å². The fourth-order valence-electron chi connectivity index (χ4n) is 7.28. The lowest BCUT2D eigenvalue weighted by Gasteiger charge is -2.32. The smallest absolute Gasteiger partial charge is 0.247 e. The van der Waals surface area contributed by atoms with E-state index in [0.29, 0.717) is 39.0 Å². The summed E-state index contributed by atoms with van der Waals surface area (Å²) in [6.07, 6.45) is 9.21. The van der Waals surface area contributed by atoms with Crippen LogP contribution in [0.3, 0.4) is 0 Å². The first kappa shape index (κ1) is 41.5. The Balaban J connectivity index is 1.67. The molecule has 6 amide bonds. The molecule has 2 bridgehead atoms. The Morgan fingerprint density at radius 3 is 2.34 bits per heavy atom. The third-order valence-corrected chi connectivity index (χ3v) is 9.93. The van der Waals surface area contributed by atoms with Crippen LogP contribution in [0.15, 0.2) is 36.4 Å². The Labute approximate surface area is 313 Å². The van der Waals surface area contributed by atoms with Crippen molar-refractivity contribution in [2.45, 2.75) is 116 Å². The number of benzene rings is 1. The van der Waals surface area contributed by atoms with Crippen LogP contribution in [-0.2, 0) is 46.5 Å². The number of rotatable bonds is 9. The van der Waals surface area contributed by atoms with Gasteiger partial charge in [0, 0.05) is 44.8 Å². The second-order valence-electron chi connectivity index (χ2n) is 15.6. The molecular formula is C39H59N7O7. The summed E-state index contributed by atoms with van der Waals surface area (Å²) >= 11 is 0. The molecule has 14 nitrogen and oxygen atoms in total. The van der Waals surface area contributed by atoms with Crippen molar-refractivity contribution in [3.63, 3.8) is 0 Å². The minimum absolute atomic E-state index is 0.130. The Morgan fingerprint density at radius 2 is 1.60 bits per heavy atom. The van der Waals surface area contributed by atoms with Crippen molar-refractivity contribution in [3.05, 3.63) is 47.5 Å². The molecule has 14 heteroatoms. The van der Waals surface area contributed by atoms with Crippen LogP contribution in [-0.4, -0.2) is 97.4 Å². The average Bonchev–Trinajstić information content (AvgIpc) is 3.62. The van der Waals surface area contributed by atoms with Crippen molar-refractivity contribution in [2.75, 3.05) is 32.8 Å². The molecule has 2 aliphatic heterocycles. The van der Waals surface area contributed by atoms with Gasteiger partial charge in [0.15, 0.2) is 0 Å². The van der Waals surface area contributed by atoms with E-state index in [0.717, 1.165) is 49.3 Å². The van der Waals surface area contributed by atoms with E-state index >= 15 is 0 Å². The summed E-state index contributed by atoms with van der Waals surface area (Å²) in [5, 5.41) is 14.4. The normalized spacial score (nSPS) is 24.9. The molecule has 1 saturated heterocycles. The number of nitrogens with zero attached hydrogens (tertiary/aromatic N) is 1. The number of nitrogens with two attached hydrogens (primary N) is 1. The van der Waals surface area contributed by atoms with Gasteiger partial charge in [-0.2, -0.15) is 0 Å². The van der Waals surface area contributed by atoms with Crippen molar-refractivity contribution in [1.29, 1.82) is 0 Å². The molecule has 3 aliphatic rings. The Kier molecular flexibility index (Phi) is 15.8. The van der Waals surface area contributed by atoms with Gasteiger partial charge in [-0.15, -0.1) is 0 Å². The van der Waals surface area contributed by atoms with Gasteiger partial charge < -0.3 is 42.0 Å². The van der Waals surface area contributed by atoms with E-state index in [9.17, 15) is 28.8 Å². The molecule has 2 fully saturated rings. The standard InChI is InChI=1S/C39H59N7O7/c1-39(2,3)24-31-37(51)43-29(35(49)41-17-20-53-19-16-40)23-27-11-7-12-28(21-27)25-42-33(47)14-15-34(48)46-18-8-13-32(46)38(52)44-30(36(50)45-31)22-26-9-5-4-6-10-26/h7,11-12,14-15,21,26,29-32H,4-6,8-10,13,16-20,22-25,40H2,1-3H3,(H,41,49)(H,42,47)(H,43,51)(H,44,52)(H,45,50)/b15-14-/t29-,30-,31-,32+/m0/s1. The highest BCUT2D eigenvalue weighted by Gasteiger charge is 2.38. The summed E-state index contributed by atoms with van der Waals surface area (Å²) in [5.74, 6) is -2.61. The molecule has 2 heterocycles. The maximum atomic E-state index is 14.2. The second kappa shape index (κ2) is 20.2. The Morgan fingerprint density at radius 1 is 0.887 bits per heavy atom. The van der Waals surface area contributed by atoms with Crippen LogP contribution >= 0.6 is 0 Å². The molecule has 53 heavy (non-hydrogen) atoms. The predicted molar refractivity (Wildman–Crippen MR) is 200 cm³/mol. The number of amides is 6. The van der Waals surface area contributed by atoms with E-state index in [1.807, 2.05) is 39.0 Å². The Bertz CT molecular complexity index is 1470. The maximum absolute atomic E-state index is 14.2. The van der Waals surface area contributed by atoms with Crippen LogP contribution in [0.4, 0.5) is 0 Å². The number of ether oxygens (including phenoxy) is 1. The van der Waals surface area contributed by atoms with Gasteiger partial charge in [-0.1, -0.05) is 77.1 Å². The Hall–Kier alpha value is -4.30. The van der Waals surface area contributed by atoms with Gasteiger partial charge in [-0.05, 0) is 48.1 Å². The first-order chi connectivity index (χ1) is 25.3. The largest absolute Gasteiger partial charge is 0.378 e. The number of hydrogen-bond acceptors (Lipinski definition) is 8. The monoisotopic (exact) mass is 737 g/mol. The van der Waals surface area contributed by atoms with Gasteiger partial charge in [-0.25, -0.2) is 0 Å². The molecule has 0 unspecified atom stereocenters. The lowest BCUT2D eigenvalue weighted by atomic mass is 9.84. The van der Waals surface area contributed by atoms with Crippen LogP contribution in [0.5, 0.6) is 0 Å². The molecule has 292 valence electrons. The van der Waals surface area contributed by atoms with E-state index in [-0.39, 0.29) is 38.5 Å². The average molecular weight is 738 g/mol. The first-order valence-electron chi connectivity index (χ1n) is 19.1. The van der Waals surface area contributed by atoms with Crippen molar-refractivity contribution < 1.29 is 33.5 Å². The van der Waals surface area contributed by atoms with Crippen molar-refractivity contribution in [2.24, 2.45) is 17.1 Å². The molecule has 1 aliphatic carbocycles. The molecule has 1 aromatic rings. The summed E-state index contributed by atoms with van der Waals surface area (Å²) in [4.78, 5) is 83.2. The predicted octanol–water partition coefficient (Wildman–Crippen LogP) is 1.36. The van der Waals surface area contributed by atoms with Gasteiger partial charge in [0.25, 0.3) is 0 Å². The van der Waals surface area contributed by atoms with Crippen LogP contribution in [0.25, 0.3) is 0 Å². The number of hydrogen-bond donors (Lipinski definition) is 6. The van der Waals surface area contributed by atoms with Gasteiger partial charge in [0.05, 0.1) is 13.2 Å². The van der Waals surface area contributed by atoms with Crippen LogP contribution in [0, 0.1) is 11.3 Å². The summed E-state index contributed by atoms with van der Waals surface area (Å²) in [6, 6.07) is 3.53. The van der Waals surface area contributed by atoms with Gasteiger partial charge in [0.1, 0.15) is 24.2 Å². The molecule has 1 saturated carbocycles. The van der Waals surface area contributed by atoms with E-state index in [1.165, 1.54) is 11.0 Å². The summed E-state index contributed by atoms with van der Waals surface area (Å²) in [7, 11) is 0. The number of fused-ring (bicyclic) bond motifs is 3. The maximum Gasteiger partial charge on any atom is 0.247 e. The fraction of sp³-hybridized carbons (Fsp3) is 0.641. The van der Waals surface area contributed by atoms with Gasteiger partial charge >= 0.3 is 0 Å². The fourth-order valence-corrected chi connectivity index (χ4v) is 7.28. The SMILES string of the molecule is CC(C)(C)C[C@@H]1NC(=O)[C@H](CC2CCCCC2)NC(=O)[C@H]2CCCN2C(=O)/C=C\C(=O)NCc2cccc(c2)C[C@@H](C(=O)NCCOCCN)NC1=O. The summed E-state index contributed by atoms with van der Waals surface area (Å²) < 4.78 is 5.41. The highest BCUT2D eigenvalue weighted by Crippen LogP contribution is 2.28. The van der Waals surface area contributed by atoms with Crippen molar-refractivity contribution in [3.8, 4) is 0 Å². The van der Waals surface area contributed by atoms with Crippen LogP contribution in [0.2, 0.25) is 0 Å². The van der Waals surface area contributed by atoms with Crippen LogP contribution < -0.4 is 32.3 Å². The zero-order valence-electron chi connectivity index (χ0n) is 31.5. The molecule has 0 aromatic heterocycles. The van der Waals surface area contributed by atoms with Crippen molar-refractivity contribution >= 4 is 35.4 Å². The van der Waals surface area contributed by atoms with Crippen molar-refractivity contribution in [1.82, 2.24) is 31.5 Å². The first-order valence-corrected chi connectivity index (χ1v) is 19.1. The molecule has 4 atom stereocenters. The lowest BCUT2D eigenvalue weighted by Crippen LogP contribution is -2.59. The van der Waals surface area contributed by atoms with E-state index in [2.05, 4.69) is 26.6 Å². The molecule has 1 aromatic carbocycles. The minimum atomic E-state index is -1.01. The third kappa shape index (κ3) is 13.6. The molecular weight excluding hydrogens is 678 g/mol. The van der Waals surface area contributed by atoms with Gasteiger partial charge in [-0.3, -0.25) is 28.8 Å². The van der Waals surface area contributed by atoms with Crippen LogP contribution in [0.1, 0.15) is 89.7 Å². The quantitative estimate of drug-likeness (QED) is 0.204. The highest BCUT2D eigenvalue weighted by atomic mass is 16.5. The third-order valence-electron chi connectivity index (χ3n) is 9.93. The lowest BCUT2D eigenvalue weighted by molar-refractivity contribution is -0.138. The summed E-state index contributed by atoms with van der Waals surface area (Å²) in [5.41, 5.74) is 6.60.